The van der Waals surface area contributed by atoms with Gasteiger partial charge in [-0.2, -0.15) is 0 Å². The summed E-state index contributed by atoms with van der Waals surface area (Å²) < 4.78 is 6.44. The summed E-state index contributed by atoms with van der Waals surface area (Å²) in [6.07, 6.45) is 0. The summed E-state index contributed by atoms with van der Waals surface area (Å²) in [6.45, 7) is 3.45. The summed E-state index contributed by atoms with van der Waals surface area (Å²) in [5, 5.41) is 3.00. The average Bonchev–Trinajstić information content (AvgIpc) is 2.65. The minimum atomic E-state index is -0.0150. The topological polar surface area (TPSA) is 38.3 Å². The van der Waals surface area contributed by atoms with Crippen LogP contribution in [-0.2, 0) is 4.74 Å². The number of hydrogen-bond donors (Lipinski definition) is 1. The smallest absolute Gasteiger partial charge is 0.251 e. The maximum atomic E-state index is 11.9. The van der Waals surface area contributed by atoms with Gasteiger partial charge in [0.15, 0.2) is 0 Å². The molecule has 86 valence electrons. The SMILES string of the molecule is CC1COCC1NC(=O)c1ccc(I)cc1. The van der Waals surface area contributed by atoms with E-state index in [4.69, 9.17) is 4.74 Å². The fourth-order valence-corrected chi connectivity index (χ4v) is 2.06. The van der Waals surface area contributed by atoms with Crippen LogP contribution in [0.5, 0.6) is 0 Å². The summed E-state index contributed by atoms with van der Waals surface area (Å²) in [5.41, 5.74) is 0.708. The van der Waals surface area contributed by atoms with E-state index in [-0.39, 0.29) is 11.9 Å². The first-order valence-corrected chi connectivity index (χ1v) is 6.39. The third-order valence-corrected chi connectivity index (χ3v) is 3.51. The first-order chi connectivity index (χ1) is 7.66. The van der Waals surface area contributed by atoms with Gasteiger partial charge in [-0.05, 0) is 46.9 Å². The average molecular weight is 331 g/mol. The molecule has 3 nitrogen and oxygen atoms in total. The molecule has 2 unspecified atom stereocenters. The molecule has 2 atom stereocenters. The molecule has 1 aliphatic heterocycles. The normalized spacial score (nSPS) is 24.4. The number of nitrogens with one attached hydrogen (secondary N) is 1. The highest BCUT2D eigenvalue weighted by Gasteiger charge is 2.25. The van der Waals surface area contributed by atoms with Crippen LogP contribution in [0.25, 0.3) is 0 Å². The first kappa shape index (κ1) is 11.9. The number of rotatable bonds is 2. The van der Waals surface area contributed by atoms with Crippen molar-refractivity contribution in [2.45, 2.75) is 13.0 Å². The lowest BCUT2D eigenvalue weighted by Crippen LogP contribution is -2.38. The largest absolute Gasteiger partial charge is 0.379 e. The fraction of sp³-hybridized carbons (Fsp3) is 0.417. The molecule has 0 aromatic heterocycles. The monoisotopic (exact) mass is 331 g/mol. The molecular weight excluding hydrogens is 317 g/mol. The van der Waals surface area contributed by atoms with E-state index < -0.39 is 0 Å². The molecule has 1 fully saturated rings. The summed E-state index contributed by atoms with van der Waals surface area (Å²) in [5.74, 6) is 0.381. The molecule has 1 N–H and O–H groups in total. The molecule has 16 heavy (non-hydrogen) atoms. The molecule has 2 rings (SSSR count). The third kappa shape index (κ3) is 2.74. The zero-order valence-corrected chi connectivity index (χ0v) is 11.2. The number of halogens is 1. The van der Waals surface area contributed by atoms with Crippen molar-refractivity contribution in [1.29, 1.82) is 0 Å². The Morgan fingerprint density at radius 1 is 1.38 bits per heavy atom. The van der Waals surface area contributed by atoms with Crippen molar-refractivity contribution in [3.63, 3.8) is 0 Å². The molecule has 1 saturated heterocycles. The molecule has 1 aromatic rings. The predicted octanol–water partition coefficient (Wildman–Crippen LogP) is 2.06. The van der Waals surface area contributed by atoms with Gasteiger partial charge in [-0.1, -0.05) is 6.92 Å². The lowest BCUT2D eigenvalue weighted by atomic mass is 10.1. The highest BCUT2D eigenvalue weighted by atomic mass is 127. The summed E-state index contributed by atoms with van der Waals surface area (Å²) in [7, 11) is 0. The molecule has 0 saturated carbocycles. The molecule has 1 amide bonds. The van der Waals surface area contributed by atoms with Crippen LogP contribution >= 0.6 is 22.6 Å². The summed E-state index contributed by atoms with van der Waals surface area (Å²) in [6, 6.07) is 7.70. The van der Waals surface area contributed by atoms with E-state index in [1.807, 2.05) is 24.3 Å². The van der Waals surface area contributed by atoms with Crippen molar-refractivity contribution in [3.05, 3.63) is 33.4 Å². The van der Waals surface area contributed by atoms with E-state index >= 15 is 0 Å². The second-order valence-corrected chi connectivity index (χ2v) is 5.35. The van der Waals surface area contributed by atoms with Crippen molar-refractivity contribution >= 4 is 28.5 Å². The van der Waals surface area contributed by atoms with Crippen LogP contribution in [0.15, 0.2) is 24.3 Å². The number of amides is 1. The summed E-state index contributed by atoms with van der Waals surface area (Å²) in [4.78, 5) is 11.9. The highest BCUT2D eigenvalue weighted by molar-refractivity contribution is 14.1. The van der Waals surface area contributed by atoms with Crippen LogP contribution < -0.4 is 5.32 Å². The van der Waals surface area contributed by atoms with Crippen LogP contribution in [-0.4, -0.2) is 25.2 Å². The predicted molar refractivity (Wildman–Crippen MR) is 70.4 cm³/mol. The van der Waals surface area contributed by atoms with Crippen molar-refractivity contribution in [2.75, 3.05) is 13.2 Å². The first-order valence-electron chi connectivity index (χ1n) is 5.31. The molecule has 1 aliphatic rings. The van der Waals surface area contributed by atoms with Gasteiger partial charge in [0.1, 0.15) is 0 Å². The quantitative estimate of drug-likeness (QED) is 0.843. The van der Waals surface area contributed by atoms with Crippen molar-refractivity contribution in [3.8, 4) is 0 Å². The second kappa shape index (κ2) is 5.14. The van der Waals surface area contributed by atoms with Gasteiger partial charge < -0.3 is 10.1 Å². The fourth-order valence-electron chi connectivity index (χ4n) is 1.70. The van der Waals surface area contributed by atoms with Crippen molar-refractivity contribution in [2.24, 2.45) is 5.92 Å². The number of carbonyl (C=O) groups is 1. The maximum absolute atomic E-state index is 11.9. The van der Waals surface area contributed by atoms with Crippen LogP contribution in [0.3, 0.4) is 0 Å². The highest BCUT2D eigenvalue weighted by Crippen LogP contribution is 2.13. The number of carbonyl (C=O) groups excluding carboxylic acids is 1. The van der Waals surface area contributed by atoms with Crippen LogP contribution in [0, 0.1) is 9.49 Å². The Balaban J connectivity index is 2.00. The lowest BCUT2D eigenvalue weighted by molar-refractivity contribution is 0.0926. The van der Waals surface area contributed by atoms with Gasteiger partial charge in [-0.3, -0.25) is 4.79 Å². The van der Waals surface area contributed by atoms with E-state index in [1.165, 1.54) is 0 Å². The Labute approximate surface area is 109 Å². The molecule has 0 bridgehead atoms. The van der Waals surface area contributed by atoms with Gasteiger partial charge in [-0.15, -0.1) is 0 Å². The Morgan fingerprint density at radius 3 is 2.62 bits per heavy atom. The molecule has 4 heteroatoms. The van der Waals surface area contributed by atoms with E-state index in [1.54, 1.807) is 0 Å². The number of benzene rings is 1. The minimum Gasteiger partial charge on any atom is -0.379 e. The second-order valence-electron chi connectivity index (χ2n) is 4.10. The number of hydrogen-bond acceptors (Lipinski definition) is 2. The maximum Gasteiger partial charge on any atom is 0.251 e. The van der Waals surface area contributed by atoms with Gasteiger partial charge in [0.25, 0.3) is 5.91 Å². The van der Waals surface area contributed by atoms with Crippen LogP contribution in [0.1, 0.15) is 17.3 Å². The molecule has 1 heterocycles. The molecule has 0 aliphatic carbocycles. The minimum absolute atomic E-state index is 0.0150. The van der Waals surface area contributed by atoms with E-state index in [9.17, 15) is 4.79 Å². The van der Waals surface area contributed by atoms with Gasteiger partial charge >= 0.3 is 0 Å². The van der Waals surface area contributed by atoms with Gasteiger partial charge in [0.05, 0.1) is 19.3 Å². The Bertz CT molecular complexity index is 377. The van der Waals surface area contributed by atoms with Gasteiger partial charge in [-0.25, -0.2) is 0 Å². The molecular formula is C12H14INO2. The Hall–Kier alpha value is -0.620. The number of ether oxygens (including phenoxy) is 1. The van der Waals surface area contributed by atoms with Crippen molar-refractivity contribution < 1.29 is 9.53 Å². The molecule has 0 spiro atoms. The van der Waals surface area contributed by atoms with E-state index in [2.05, 4.69) is 34.8 Å². The van der Waals surface area contributed by atoms with Crippen molar-refractivity contribution in [1.82, 2.24) is 5.32 Å². The van der Waals surface area contributed by atoms with Gasteiger partial charge in [0.2, 0.25) is 0 Å². The third-order valence-electron chi connectivity index (χ3n) is 2.79. The lowest BCUT2D eigenvalue weighted by Gasteiger charge is -2.15. The van der Waals surface area contributed by atoms with E-state index in [0.717, 1.165) is 10.2 Å². The van der Waals surface area contributed by atoms with E-state index in [0.29, 0.717) is 18.1 Å². The standard InChI is InChI=1S/C12H14INO2/c1-8-6-16-7-11(8)14-12(15)9-2-4-10(13)5-3-9/h2-5,8,11H,6-7H2,1H3,(H,14,15). The Morgan fingerprint density at radius 2 is 2.06 bits per heavy atom. The summed E-state index contributed by atoms with van der Waals surface area (Å²) >= 11 is 2.22. The molecule has 0 radical (unpaired) electrons. The zero-order chi connectivity index (χ0) is 11.5. The van der Waals surface area contributed by atoms with Crippen LogP contribution in [0.4, 0.5) is 0 Å². The van der Waals surface area contributed by atoms with Crippen LogP contribution in [0.2, 0.25) is 0 Å². The van der Waals surface area contributed by atoms with Gasteiger partial charge in [0, 0.05) is 15.1 Å². The molecule has 1 aromatic carbocycles. The zero-order valence-electron chi connectivity index (χ0n) is 9.07. The Kier molecular flexibility index (Phi) is 3.81.